The van der Waals surface area contributed by atoms with Crippen molar-refractivity contribution in [2.45, 2.75) is 78.1 Å². The first-order chi connectivity index (χ1) is 15.9. The molecule has 0 saturated carbocycles. The zero-order chi connectivity index (χ0) is 23.8. The van der Waals surface area contributed by atoms with Gasteiger partial charge >= 0.3 is 5.69 Å². The molecule has 1 saturated heterocycles. The summed E-state index contributed by atoms with van der Waals surface area (Å²) in [6.07, 6.45) is 9.10. The van der Waals surface area contributed by atoms with E-state index >= 15 is 0 Å². The molecule has 6 nitrogen and oxygen atoms in total. The van der Waals surface area contributed by atoms with E-state index in [-0.39, 0.29) is 17.6 Å². The van der Waals surface area contributed by atoms with E-state index in [9.17, 15) is 9.18 Å². The lowest BCUT2D eigenvalue weighted by Gasteiger charge is -2.44. The smallest absolute Gasteiger partial charge is 0.350 e. The van der Waals surface area contributed by atoms with Gasteiger partial charge in [-0.2, -0.15) is 5.10 Å². The van der Waals surface area contributed by atoms with Crippen LogP contribution >= 0.6 is 0 Å². The Labute approximate surface area is 196 Å². The number of ether oxygens (including phenoxy) is 1. The van der Waals surface area contributed by atoms with Crippen LogP contribution in [-0.4, -0.2) is 50.6 Å². The number of para-hydroxylation sites is 1. The second kappa shape index (κ2) is 12.1. The van der Waals surface area contributed by atoms with Crippen molar-refractivity contribution in [2.75, 3.05) is 13.2 Å². The van der Waals surface area contributed by atoms with Crippen molar-refractivity contribution in [3.8, 4) is 5.69 Å². The summed E-state index contributed by atoms with van der Waals surface area (Å²) in [6, 6.07) is 10.3. The molecule has 180 valence electrons. The summed E-state index contributed by atoms with van der Waals surface area (Å²) in [5.74, 6) is -0.185. The third kappa shape index (κ3) is 6.51. The molecule has 2 aromatic rings. The van der Waals surface area contributed by atoms with Gasteiger partial charge in [0.15, 0.2) is 0 Å². The fourth-order valence-corrected chi connectivity index (χ4v) is 4.68. The summed E-state index contributed by atoms with van der Waals surface area (Å²) in [5.41, 5.74) is 1.33. The van der Waals surface area contributed by atoms with Crippen LogP contribution in [0.2, 0.25) is 0 Å². The van der Waals surface area contributed by atoms with Crippen LogP contribution in [0.3, 0.4) is 0 Å². The molecule has 3 unspecified atom stereocenters. The lowest BCUT2D eigenvalue weighted by atomic mass is 9.92. The fourth-order valence-electron chi connectivity index (χ4n) is 4.68. The zero-order valence-electron chi connectivity index (χ0n) is 20.3. The topological polar surface area (TPSA) is 52.3 Å². The first-order valence-electron chi connectivity index (χ1n) is 12.0. The van der Waals surface area contributed by atoms with Gasteiger partial charge in [-0.15, -0.1) is 0 Å². The van der Waals surface area contributed by atoms with Crippen LogP contribution in [0.15, 0.2) is 65.0 Å². The summed E-state index contributed by atoms with van der Waals surface area (Å²) in [6.45, 7) is 9.61. The highest BCUT2D eigenvalue weighted by atomic mass is 19.1. The summed E-state index contributed by atoms with van der Waals surface area (Å²) < 4.78 is 22.9. The summed E-state index contributed by atoms with van der Waals surface area (Å²) in [4.78, 5) is 15.2. The van der Waals surface area contributed by atoms with Gasteiger partial charge in [0.2, 0.25) is 0 Å². The van der Waals surface area contributed by atoms with E-state index in [1.54, 1.807) is 21.7 Å². The third-order valence-electron chi connectivity index (χ3n) is 6.48. The first kappa shape index (κ1) is 25.1. The maximum atomic E-state index is 13.7. The molecule has 1 fully saturated rings. The standard InChI is InChI=1S/C26H37FN4O2/c1-5-11-22(21(4)27)18-33-25-16-20(3)29(23(6-2)17-25)14-10-15-31-26(32)30(19-28-31)24-12-8-7-9-13-24/h5,7-9,11-13,19-20,23,25H,6,10,14-18H2,1-4H3/b11-5-,22-21-. The van der Waals surface area contributed by atoms with Gasteiger partial charge < -0.3 is 4.74 Å². The van der Waals surface area contributed by atoms with E-state index in [4.69, 9.17) is 4.74 Å². The van der Waals surface area contributed by atoms with Gasteiger partial charge in [-0.05, 0) is 58.6 Å². The molecule has 2 heterocycles. The van der Waals surface area contributed by atoms with Crippen molar-refractivity contribution < 1.29 is 9.13 Å². The van der Waals surface area contributed by atoms with E-state index in [0.717, 1.165) is 37.9 Å². The van der Waals surface area contributed by atoms with Crippen molar-refractivity contribution in [2.24, 2.45) is 0 Å². The average Bonchev–Trinajstić information content (AvgIpc) is 3.18. The number of hydrogen-bond donors (Lipinski definition) is 0. The second-order valence-corrected chi connectivity index (χ2v) is 8.81. The highest BCUT2D eigenvalue weighted by Gasteiger charge is 2.32. The van der Waals surface area contributed by atoms with Gasteiger partial charge in [-0.1, -0.05) is 37.3 Å². The molecular formula is C26H37FN4O2. The van der Waals surface area contributed by atoms with Gasteiger partial charge in [0.25, 0.3) is 0 Å². The van der Waals surface area contributed by atoms with E-state index in [0.29, 0.717) is 30.8 Å². The van der Waals surface area contributed by atoms with Gasteiger partial charge in [-0.3, -0.25) is 4.90 Å². The minimum Gasteiger partial charge on any atom is -0.373 e. The lowest BCUT2D eigenvalue weighted by Crippen LogP contribution is -2.50. The van der Waals surface area contributed by atoms with Crippen LogP contribution in [0.1, 0.15) is 53.4 Å². The number of aromatic nitrogens is 3. The predicted molar refractivity (Wildman–Crippen MR) is 130 cm³/mol. The van der Waals surface area contributed by atoms with Gasteiger partial charge in [0.1, 0.15) is 12.2 Å². The van der Waals surface area contributed by atoms with E-state index in [1.165, 1.54) is 6.92 Å². The summed E-state index contributed by atoms with van der Waals surface area (Å²) >= 11 is 0. The summed E-state index contributed by atoms with van der Waals surface area (Å²) in [7, 11) is 0. The highest BCUT2D eigenvalue weighted by molar-refractivity contribution is 5.30. The molecule has 33 heavy (non-hydrogen) atoms. The molecule has 0 N–H and O–H groups in total. The Hall–Kier alpha value is -2.51. The number of nitrogens with zero attached hydrogens (tertiary/aromatic N) is 4. The number of hydrogen-bond acceptors (Lipinski definition) is 4. The van der Waals surface area contributed by atoms with Crippen molar-refractivity contribution in [1.29, 1.82) is 0 Å². The van der Waals surface area contributed by atoms with Crippen LogP contribution in [0.4, 0.5) is 4.39 Å². The summed E-state index contributed by atoms with van der Waals surface area (Å²) in [5, 5.41) is 4.30. The average molecular weight is 457 g/mol. The maximum Gasteiger partial charge on any atom is 0.350 e. The van der Waals surface area contributed by atoms with Crippen molar-refractivity contribution >= 4 is 0 Å². The van der Waals surface area contributed by atoms with E-state index in [1.807, 2.05) is 43.3 Å². The SMILES string of the molecule is C/C=C\C(COC1CC(C)N(CCCn2ncn(-c3ccccc3)c2=O)C(CC)C1)=C(/C)F. The van der Waals surface area contributed by atoms with Crippen LogP contribution in [0.5, 0.6) is 0 Å². The van der Waals surface area contributed by atoms with E-state index < -0.39 is 0 Å². The Kier molecular flexibility index (Phi) is 9.21. The Morgan fingerprint density at radius 2 is 2.00 bits per heavy atom. The zero-order valence-corrected chi connectivity index (χ0v) is 20.3. The Bertz CT molecular complexity index is 991. The number of benzene rings is 1. The van der Waals surface area contributed by atoms with Gasteiger partial charge in [0.05, 0.1) is 18.4 Å². The van der Waals surface area contributed by atoms with Gasteiger partial charge in [0, 0.05) is 30.7 Å². The van der Waals surface area contributed by atoms with Crippen molar-refractivity contribution in [3.05, 3.63) is 70.7 Å². The lowest BCUT2D eigenvalue weighted by molar-refractivity contribution is -0.0320. The molecule has 1 aromatic carbocycles. The molecule has 0 amide bonds. The van der Waals surface area contributed by atoms with E-state index in [2.05, 4.69) is 23.8 Å². The minimum absolute atomic E-state index is 0.110. The predicted octanol–water partition coefficient (Wildman–Crippen LogP) is 4.89. The normalized spacial score (nSPS) is 22.6. The maximum absolute atomic E-state index is 13.7. The van der Waals surface area contributed by atoms with Crippen LogP contribution in [-0.2, 0) is 11.3 Å². The molecule has 1 aliphatic heterocycles. The van der Waals surface area contributed by atoms with Crippen LogP contribution < -0.4 is 5.69 Å². The molecule has 3 atom stereocenters. The molecular weight excluding hydrogens is 419 g/mol. The third-order valence-corrected chi connectivity index (χ3v) is 6.48. The molecule has 0 aliphatic carbocycles. The second-order valence-electron chi connectivity index (χ2n) is 8.81. The number of piperidine rings is 1. The number of likely N-dealkylation sites (tertiary alicyclic amines) is 1. The van der Waals surface area contributed by atoms with Gasteiger partial charge in [-0.25, -0.2) is 18.4 Å². The Morgan fingerprint density at radius 3 is 2.67 bits per heavy atom. The number of allylic oxidation sites excluding steroid dienone is 2. The van der Waals surface area contributed by atoms with Crippen LogP contribution in [0.25, 0.3) is 5.69 Å². The highest BCUT2D eigenvalue weighted by Crippen LogP contribution is 2.28. The molecule has 1 aromatic heterocycles. The minimum atomic E-state index is -0.185. The molecule has 0 radical (unpaired) electrons. The Morgan fingerprint density at radius 1 is 1.24 bits per heavy atom. The van der Waals surface area contributed by atoms with Crippen LogP contribution in [0, 0.1) is 0 Å². The molecule has 3 rings (SSSR count). The molecule has 0 bridgehead atoms. The Balaban J connectivity index is 1.54. The fraction of sp³-hybridized carbons (Fsp3) is 0.538. The molecule has 0 spiro atoms. The quantitative estimate of drug-likeness (QED) is 0.478. The number of rotatable bonds is 10. The molecule has 7 heteroatoms. The molecule has 1 aliphatic rings. The first-order valence-corrected chi connectivity index (χ1v) is 12.0. The number of aryl methyl sites for hydroxylation is 1. The largest absolute Gasteiger partial charge is 0.373 e. The van der Waals surface area contributed by atoms with Crippen molar-refractivity contribution in [1.82, 2.24) is 19.2 Å². The number of halogens is 1. The monoisotopic (exact) mass is 456 g/mol. The van der Waals surface area contributed by atoms with Crippen molar-refractivity contribution in [3.63, 3.8) is 0 Å².